The van der Waals surface area contributed by atoms with Gasteiger partial charge in [0.25, 0.3) is 0 Å². The van der Waals surface area contributed by atoms with Gasteiger partial charge in [-0.05, 0) is 44.1 Å². The smallest absolute Gasteiger partial charge is 0.0849 e. The normalized spacial score (nSPS) is 18.6. The van der Waals surface area contributed by atoms with Gasteiger partial charge in [-0.25, -0.2) is 0 Å². The van der Waals surface area contributed by atoms with Crippen molar-refractivity contribution in [1.82, 2.24) is 15.1 Å². The van der Waals surface area contributed by atoms with Gasteiger partial charge in [-0.3, -0.25) is 4.68 Å². The van der Waals surface area contributed by atoms with Crippen LogP contribution in [0.15, 0.2) is 0 Å². The Morgan fingerprint density at radius 2 is 2.05 bits per heavy atom. The van der Waals surface area contributed by atoms with Gasteiger partial charge < -0.3 is 5.32 Å². The van der Waals surface area contributed by atoms with Gasteiger partial charge in [-0.15, -0.1) is 0 Å². The second kappa shape index (κ2) is 6.27. The number of nitrogens with one attached hydrogen (secondary N) is 1. The first-order valence-corrected chi connectivity index (χ1v) is 7.84. The zero-order valence-electron chi connectivity index (χ0n) is 12.5. The summed E-state index contributed by atoms with van der Waals surface area (Å²) in [6.07, 6.45) is 4.62. The zero-order valence-corrected chi connectivity index (χ0v) is 13.3. The van der Waals surface area contributed by atoms with Crippen LogP contribution >= 0.6 is 11.6 Å². The summed E-state index contributed by atoms with van der Waals surface area (Å²) in [4.78, 5) is 0. The van der Waals surface area contributed by atoms with Gasteiger partial charge in [-0.2, -0.15) is 5.10 Å². The summed E-state index contributed by atoms with van der Waals surface area (Å²) in [7, 11) is 2.00. The Kier molecular flexibility index (Phi) is 4.91. The fourth-order valence-corrected chi connectivity index (χ4v) is 2.76. The van der Waals surface area contributed by atoms with Crippen LogP contribution in [0.3, 0.4) is 0 Å². The number of aryl methyl sites for hydroxylation is 2. The molecule has 1 saturated carbocycles. The number of aromatic nitrogens is 2. The van der Waals surface area contributed by atoms with E-state index in [9.17, 15) is 0 Å². The number of rotatable bonds is 7. The second-order valence-electron chi connectivity index (χ2n) is 6.03. The van der Waals surface area contributed by atoms with Crippen LogP contribution in [0.2, 0.25) is 5.02 Å². The lowest BCUT2D eigenvalue weighted by Crippen LogP contribution is -2.28. The summed E-state index contributed by atoms with van der Waals surface area (Å²) in [5.74, 6) is 1.28. The van der Waals surface area contributed by atoms with E-state index in [1.165, 1.54) is 18.5 Å². The Labute approximate surface area is 121 Å². The molecule has 0 aliphatic heterocycles. The maximum Gasteiger partial charge on any atom is 0.0849 e. The van der Waals surface area contributed by atoms with E-state index in [-0.39, 0.29) is 0 Å². The minimum absolute atomic E-state index is 0.615. The third kappa shape index (κ3) is 3.73. The van der Waals surface area contributed by atoms with E-state index < -0.39 is 0 Å². The van der Waals surface area contributed by atoms with Crippen molar-refractivity contribution in [2.45, 2.75) is 52.5 Å². The predicted molar refractivity (Wildman–Crippen MR) is 80.7 cm³/mol. The second-order valence-corrected chi connectivity index (χ2v) is 6.40. The standard InChI is InChI=1S/C15H26ClN3/c1-5-13-15(16)14(19(4)18-13)8-10(2)11(3)9-17-12-6-7-12/h10-12,17H,5-9H2,1-4H3. The molecule has 4 heteroatoms. The third-order valence-corrected chi connectivity index (χ3v) is 4.73. The summed E-state index contributed by atoms with van der Waals surface area (Å²) in [6, 6.07) is 0.793. The molecule has 1 heterocycles. The van der Waals surface area contributed by atoms with Crippen molar-refractivity contribution in [2.24, 2.45) is 18.9 Å². The van der Waals surface area contributed by atoms with Crippen LogP contribution in [0, 0.1) is 11.8 Å². The number of halogens is 1. The van der Waals surface area contributed by atoms with Crippen molar-refractivity contribution >= 4 is 11.6 Å². The van der Waals surface area contributed by atoms with Gasteiger partial charge in [0.2, 0.25) is 0 Å². The molecule has 3 nitrogen and oxygen atoms in total. The molecule has 0 amide bonds. The Morgan fingerprint density at radius 3 is 2.58 bits per heavy atom. The van der Waals surface area contributed by atoms with Crippen molar-refractivity contribution in [3.8, 4) is 0 Å². The highest BCUT2D eigenvalue weighted by molar-refractivity contribution is 6.31. The molecule has 108 valence electrons. The molecule has 0 spiro atoms. The van der Waals surface area contributed by atoms with Crippen LogP contribution in [-0.4, -0.2) is 22.4 Å². The van der Waals surface area contributed by atoms with Crippen molar-refractivity contribution in [3.05, 3.63) is 16.4 Å². The van der Waals surface area contributed by atoms with Crippen molar-refractivity contribution in [3.63, 3.8) is 0 Å². The van der Waals surface area contributed by atoms with Crippen molar-refractivity contribution in [2.75, 3.05) is 6.54 Å². The van der Waals surface area contributed by atoms with Crippen LogP contribution in [0.4, 0.5) is 0 Å². The van der Waals surface area contributed by atoms with E-state index in [4.69, 9.17) is 11.6 Å². The molecule has 2 rings (SSSR count). The molecule has 1 aliphatic carbocycles. The molecule has 0 saturated heterocycles. The lowest BCUT2D eigenvalue weighted by Gasteiger charge is -2.20. The van der Waals surface area contributed by atoms with Gasteiger partial charge in [0.1, 0.15) is 0 Å². The average Bonchev–Trinajstić information content (AvgIpc) is 3.17. The van der Waals surface area contributed by atoms with Crippen molar-refractivity contribution in [1.29, 1.82) is 0 Å². The van der Waals surface area contributed by atoms with Gasteiger partial charge in [0.05, 0.1) is 16.4 Å². The number of hydrogen-bond acceptors (Lipinski definition) is 2. The first kappa shape index (κ1) is 14.9. The Balaban J connectivity index is 1.93. The van der Waals surface area contributed by atoms with Gasteiger partial charge >= 0.3 is 0 Å². The van der Waals surface area contributed by atoms with Crippen LogP contribution in [0.1, 0.15) is 45.0 Å². The lowest BCUT2D eigenvalue weighted by molar-refractivity contribution is 0.358. The average molecular weight is 284 g/mol. The van der Waals surface area contributed by atoms with Crippen molar-refractivity contribution < 1.29 is 0 Å². The number of nitrogens with zero attached hydrogens (tertiary/aromatic N) is 2. The first-order valence-electron chi connectivity index (χ1n) is 7.46. The highest BCUT2D eigenvalue weighted by atomic mass is 35.5. The quantitative estimate of drug-likeness (QED) is 0.833. The van der Waals surface area contributed by atoms with E-state index in [1.807, 2.05) is 11.7 Å². The highest BCUT2D eigenvalue weighted by Crippen LogP contribution is 2.26. The zero-order chi connectivity index (χ0) is 14.0. The lowest BCUT2D eigenvalue weighted by atomic mass is 9.91. The Morgan fingerprint density at radius 1 is 1.37 bits per heavy atom. The first-order chi connectivity index (χ1) is 9.02. The molecule has 19 heavy (non-hydrogen) atoms. The summed E-state index contributed by atoms with van der Waals surface area (Å²) < 4.78 is 1.96. The van der Waals surface area contributed by atoms with Crippen LogP contribution < -0.4 is 5.32 Å². The van der Waals surface area contributed by atoms with E-state index in [2.05, 4.69) is 31.2 Å². The molecular weight excluding hydrogens is 258 g/mol. The van der Waals surface area contributed by atoms with Gasteiger partial charge in [-0.1, -0.05) is 32.4 Å². The van der Waals surface area contributed by atoms with E-state index in [0.717, 1.165) is 36.1 Å². The highest BCUT2D eigenvalue weighted by Gasteiger charge is 2.23. The monoisotopic (exact) mass is 283 g/mol. The molecule has 1 fully saturated rings. The molecule has 2 atom stereocenters. The minimum Gasteiger partial charge on any atom is -0.314 e. The van der Waals surface area contributed by atoms with Crippen LogP contribution in [0.5, 0.6) is 0 Å². The molecule has 0 radical (unpaired) electrons. The van der Waals surface area contributed by atoms with Crippen LogP contribution in [0.25, 0.3) is 0 Å². The molecule has 1 aromatic heterocycles. The van der Waals surface area contributed by atoms with E-state index in [1.54, 1.807) is 0 Å². The van der Waals surface area contributed by atoms with E-state index in [0.29, 0.717) is 11.8 Å². The number of hydrogen-bond donors (Lipinski definition) is 1. The predicted octanol–water partition coefficient (Wildman–Crippen LogP) is 3.20. The van der Waals surface area contributed by atoms with Gasteiger partial charge in [0, 0.05) is 13.1 Å². The Bertz CT molecular complexity index is 423. The molecule has 2 unspecified atom stereocenters. The summed E-state index contributed by atoms with van der Waals surface area (Å²) in [5.41, 5.74) is 2.21. The third-order valence-electron chi connectivity index (χ3n) is 4.30. The fourth-order valence-electron chi connectivity index (χ4n) is 2.39. The molecule has 1 aromatic rings. The fraction of sp³-hybridized carbons (Fsp3) is 0.800. The summed E-state index contributed by atoms with van der Waals surface area (Å²) in [6.45, 7) is 7.85. The molecule has 0 bridgehead atoms. The molecular formula is C15H26ClN3. The SMILES string of the molecule is CCc1nn(C)c(CC(C)C(C)CNC2CC2)c1Cl. The van der Waals surface area contributed by atoms with Crippen LogP contribution in [-0.2, 0) is 19.9 Å². The maximum atomic E-state index is 6.42. The Hall–Kier alpha value is -0.540. The van der Waals surface area contributed by atoms with Gasteiger partial charge in [0.15, 0.2) is 0 Å². The largest absolute Gasteiger partial charge is 0.314 e. The molecule has 1 aliphatic rings. The topological polar surface area (TPSA) is 29.9 Å². The molecule has 0 aromatic carbocycles. The minimum atomic E-state index is 0.615. The molecule has 1 N–H and O–H groups in total. The summed E-state index contributed by atoms with van der Waals surface area (Å²) in [5, 5.41) is 8.98. The van der Waals surface area contributed by atoms with E-state index >= 15 is 0 Å². The summed E-state index contributed by atoms with van der Waals surface area (Å²) >= 11 is 6.42. The maximum absolute atomic E-state index is 6.42.